The number of methoxy groups -OCH3 is 1. The van der Waals surface area contributed by atoms with E-state index >= 15 is 0 Å². The highest BCUT2D eigenvalue weighted by Crippen LogP contribution is 2.28. The Balaban J connectivity index is 1.46. The van der Waals surface area contributed by atoms with E-state index in [4.69, 9.17) is 4.74 Å². The van der Waals surface area contributed by atoms with Crippen molar-refractivity contribution in [2.24, 2.45) is 0 Å². The monoisotopic (exact) mass is 432 g/mol. The third-order valence-corrected chi connectivity index (χ3v) is 4.58. The number of halogens is 4. The Morgan fingerprint density at radius 2 is 1.87 bits per heavy atom. The van der Waals surface area contributed by atoms with Gasteiger partial charge in [-0.1, -0.05) is 6.07 Å². The topological polar surface area (TPSA) is 88.6 Å². The molecule has 7 nitrogen and oxygen atoms in total. The molecular weight excluding hydrogens is 416 g/mol. The molecule has 31 heavy (non-hydrogen) atoms. The second kappa shape index (κ2) is 8.17. The van der Waals surface area contributed by atoms with Gasteiger partial charge in [-0.25, -0.2) is 19.3 Å². The van der Waals surface area contributed by atoms with Crippen molar-refractivity contribution in [2.75, 3.05) is 12.4 Å². The molecule has 0 amide bonds. The molecule has 0 saturated heterocycles. The number of alkyl halides is 3. The van der Waals surface area contributed by atoms with E-state index in [0.717, 1.165) is 17.8 Å². The Morgan fingerprint density at radius 3 is 2.55 bits per heavy atom. The van der Waals surface area contributed by atoms with E-state index in [1.54, 1.807) is 6.20 Å². The van der Waals surface area contributed by atoms with Gasteiger partial charge in [-0.3, -0.25) is 4.98 Å². The Hall–Kier alpha value is -3.76. The summed E-state index contributed by atoms with van der Waals surface area (Å²) in [6.45, 7) is 0.0748. The van der Waals surface area contributed by atoms with Crippen LogP contribution in [0.15, 0.2) is 43.1 Å². The van der Waals surface area contributed by atoms with Gasteiger partial charge < -0.3 is 15.0 Å². The molecule has 0 aromatic carbocycles. The SMILES string of the molecule is COc1ncnc2[nH]cc(Cc3cnc(NCc4ccc(C(F)(F)F)nc4)c(F)c3)c12. The number of hydrogen-bond acceptors (Lipinski definition) is 6. The van der Waals surface area contributed by atoms with Gasteiger partial charge in [-0.15, -0.1) is 0 Å². The number of hydrogen-bond donors (Lipinski definition) is 2. The van der Waals surface area contributed by atoms with Crippen LogP contribution in [-0.2, 0) is 19.1 Å². The largest absolute Gasteiger partial charge is 0.480 e. The number of aromatic nitrogens is 5. The molecule has 0 radical (unpaired) electrons. The number of nitrogens with one attached hydrogen (secondary N) is 2. The lowest BCUT2D eigenvalue weighted by molar-refractivity contribution is -0.141. The predicted molar refractivity (Wildman–Crippen MR) is 104 cm³/mol. The van der Waals surface area contributed by atoms with Gasteiger partial charge in [-0.2, -0.15) is 13.2 Å². The Bertz CT molecular complexity index is 1210. The van der Waals surface area contributed by atoms with Crippen LogP contribution in [0.4, 0.5) is 23.4 Å². The lowest BCUT2D eigenvalue weighted by Gasteiger charge is -2.10. The average Bonchev–Trinajstić information content (AvgIpc) is 3.16. The molecule has 2 N–H and O–H groups in total. The van der Waals surface area contributed by atoms with Crippen LogP contribution in [0.3, 0.4) is 0 Å². The first-order valence-corrected chi connectivity index (χ1v) is 9.10. The van der Waals surface area contributed by atoms with Crippen LogP contribution in [0.1, 0.15) is 22.4 Å². The van der Waals surface area contributed by atoms with Crippen LogP contribution in [0.5, 0.6) is 5.88 Å². The Morgan fingerprint density at radius 1 is 1.06 bits per heavy atom. The lowest BCUT2D eigenvalue weighted by Crippen LogP contribution is -2.09. The fraction of sp³-hybridized carbons (Fsp3) is 0.200. The molecule has 4 heterocycles. The van der Waals surface area contributed by atoms with E-state index in [2.05, 4.69) is 30.2 Å². The van der Waals surface area contributed by atoms with Gasteiger partial charge in [0.25, 0.3) is 0 Å². The van der Waals surface area contributed by atoms with Crippen LogP contribution in [0.25, 0.3) is 11.0 Å². The van der Waals surface area contributed by atoms with Crippen molar-refractivity contribution >= 4 is 16.9 Å². The van der Waals surface area contributed by atoms with Crippen molar-refractivity contribution in [3.8, 4) is 5.88 Å². The van der Waals surface area contributed by atoms with Crippen LogP contribution < -0.4 is 10.1 Å². The molecular formula is C20H16F4N6O. The van der Waals surface area contributed by atoms with Gasteiger partial charge in [0, 0.05) is 31.6 Å². The van der Waals surface area contributed by atoms with E-state index in [9.17, 15) is 17.6 Å². The molecule has 0 aliphatic rings. The van der Waals surface area contributed by atoms with Gasteiger partial charge in [0.1, 0.15) is 17.7 Å². The molecule has 0 aliphatic carbocycles. The maximum atomic E-state index is 14.5. The highest BCUT2D eigenvalue weighted by atomic mass is 19.4. The zero-order valence-electron chi connectivity index (χ0n) is 16.2. The van der Waals surface area contributed by atoms with Crippen molar-refractivity contribution in [1.82, 2.24) is 24.9 Å². The highest BCUT2D eigenvalue weighted by Gasteiger charge is 2.31. The molecule has 160 valence electrons. The van der Waals surface area contributed by atoms with Crippen molar-refractivity contribution in [3.05, 3.63) is 71.3 Å². The molecule has 0 unspecified atom stereocenters. The molecule has 0 saturated carbocycles. The molecule has 11 heteroatoms. The number of nitrogens with zero attached hydrogens (tertiary/aromatic N) is 4. The van der Waals surface area contributed by atoms with Gasteiger partial charge in [-0.05, 0) is 28.8 Å². The van der Waals surface area contributed by atoms with Crippen molar-refractivity contribution in [2.45, 2.75) is 19.1 Å². The second-order valence-corrected chi connectivity index (χ2v) is 6.67. The minimum Gasteiger partial charge on any atom is -0.480 e. The summed E-state index contributed by atoms with van der Waals surface area (Å²) in [6, 6.07) is 3.50. The quantitative estimate of drug-likeness (QED) is 0.446. The van der Waals surface area contributed by atoms with E-state index in [1.165, 1.54) is 31.8 Å². The highest BCUT2D eigenvalue weighted by molar-refractivity contribution is 5.85. The van der Waals surface area contributed by atoms with Crippen LogP contribution in [0, 0.1) is 5.82 Å². The standard InChI is InChI=1S/C20H16F4N6O/c1-31-19-16-13(9-28-18(16)29-10-30-19)4-12-5-14(21)17(27-8-12)26-7-11-2-3-15(25-6-11)20(22,23)24/h2-3,5-6,8-10H,4,7H2,1H3,(H,26,27)(H,28,29,30). The molecule has 4 aromatic rings. The predicted octanol–water partition coefficient (Wildman–Crippen LogP) is 4.12. The fourth-order valence-electron chi connectivity index (χ4n) is 3.10. The summed E-state index contributed by atoms with van der Waals surface area (Å²) >= 11 is 0. The van der Waals surface area contributed by atoms with Gasteiger partial charge >= 0.3 is 6.18 Å². The summed E-state index contributed by atoms with van der Waals surface area (Å²) in [5.74, 6) is -0.179. The maximum absolute atomic E-state index is 14.5. The molecule has 0 spiro atoms. The van der Waals surface area contributed by atoms with E-state index < -0.39 is 17.7 Å². The minimum atomic E-state index is -4.50. The van der Waals surface area contributed by atoms with Crippen LogP contribution >= 0.6 is 0 Å². The first-order chi connectivity index (χ1) is 14.8. The number of fused-ring (bicyclic) bond motifs is 1. The number of ether oxygens (including phenoxy) is 1. The number of aromatic amines is 1. The Kier molecular flexibility index (Phi) is 5.40. The molecule has 4 rings (SSSR count). The third-order valence-electron chi connectivity index (χ3n) is 4.58. The Labute approximate surface area is 173 Å². The molecule has 0 aliphatic heterocycles. The summed E-state index contributed by atoms with van der Waals surface area (Å²) in [5.41, 5.74) is 1.53. The van der Waals surface area contributed by atoms with Crippen molar-refractivity contribution in [3.63, 3.8) is 0 Å². The lowest BCUT2D eigenvalue weighted by atomic mass is 10.1. The summed E-state index contributed by atoms with van der Waals surface area (Å²) in [6.07, 6.45) is 1.62. The molecule has 4 aromatic heterocycles. The van der Waals surface area contributed by atoms with Crippen LogP contribution in [0.2, 0.25) is 0 Å². The number of pyridine rings is 2. The molecule has 0 bridgehead atoms. The maximum Gasteiger partial charge on any atom is 0.433 e. The van der Waals surface area contributed by atoms with E-state index in [-0.39, 0.29) is 12.4 Å². The molecule has 0 fully saturated rings. The summed E-state index contributed by atoms with van der Waals surface area (Å²) in [7, 11) is 1.51. The fourth-order valence-corrected chi connectivity index (χ4v) is 3.10. The number of H-pyrrole nitrogens is 1. The normalized spacial score (nSPS) is 11.6. The number of anilines is 1. The minimum absolute atomic E-state index is 0.0107. The van der Waals surface area contributed by atoms with Gasteiger partial charge in [0.15, 0.2) is 11.6 Å². The van der Waals surface area contributed by atoms with Crippen molar-refractivity contribution in [1.29, 1.82) is 0 Å². The van der Waals surface area contributed by atoms with Crippen molar-refractivity contribution < 1.29 is 22.3 Å². The van der Waals surface area contributed by atoms with Crippen LogP contribution in [-0.4, -0.2) is 32.0 Å². The van der Waals surface area contributed by atoms with E-state index in [1.807, 2.05) is 0 Å². The van der Waals surface area contributed by atoms with Gasteiger partial charge in [0.2, 0.25) is 5.88 Å². The third kappa shape index (κ3) is 4.39. The summed E-state index contributed by atoms with van der Waals surface area (Å²) in [4.78, 5) is 18.7. The number of rotatable bonds is 6. The summed E-state index contributed by atoms with van der Waals surface area (Å²) in [5, 5.41) is 3.48. The first-order valence-electron chi connectivity index (χ1n) is 9.10. The van der Waals surface area contributed by atoms with E-state index in [0.29, 0.717) is 34.5 Å². The second-order valence-electron chi connectivity index (χ2n) is 6.67. The zero-order chi connectivity index (χ0) is 22.0. The van der Waals surface area contributed by atoms with Gasteiger partial charge in [0.05, 0.1) is 12.5 Å². The smallest absolute Gasteiger partial charge is 0.433 e. The average molecular weight is 432 g/mol. The summed E-state index contributed by atoms with van der Waals surface area (Å²) < 4.78 is 57.5. The zero-order valence-corrected chi connectivity index (χ0v) is 16.2. The molecule has 0 atom stereocenters. The first kappa shape index (κ1) is 20.5.